The van der Waals surface area contributed by atoms with Crippen molar-refractivity contribution in [3.8, 4) is 5.75 Å². The first kappa shape index (κ1) is 23.2. The van der Waals surface area contributed by atoms with Crippen LogP contribution in [0.15, 0.2) is 24.3 Å². The second-order valence-corrected chi connectivity index (χ2v) is 9.22. The molecule has 0 saturated heterocycles. The lowest BCUT2D eigenvalue weighted by atomic mass is 9.85. The van der Waals surface area contributed by atoms with Crippen LogP contribution < -0.4 is 20.1 Å². The average molecular weight is 426 g/mol. The van der Waals surface area contributed by atoms with Crippen molar-refractivity contribution in [2.45, 2.75) is 44.6 Å². The third kappa shape index (κ3) is 8.41. The van der Waals surface area contributed by atoms with Crippen molar-refractivity contribution in [3.05, 3.63) is 29.8 Å². The standard InChI is InChI=1S/C20H31N3O5S/c1-28-18-6-4-3-5-15(18)9-12-19(24)23-17-10-7-16(8-11-17)20(25)21-13-14-22-29(2,26)27/h3-6,16-17,22H,7-14H2,1-2H3,(H,21,25)(H,23,24). The summed E-state index contributed by atoms with van der Waals surface area (Å²) in [6.45, 7) is 0.452. The summed E-state index contributed by atoms with van der Waals surface area (Å²) in [6, 6.07) is 7.77. The number of sulfonamides is 1. The Morgan fingerprint density at radius 3 is 2.45 bits per heavy atom. The maximum atomic E-state index is 12.3. The fourth-order valence-electron chi connectivity index (χ4n) is 3.52. The molecule has 2 amide bonds. The molecule has 0 atom stereocenters. The van der Waals surface area contributed by atoms with Gasteiger partial charge in [-0.05, 0) is 43.7 Å². The number of amides is 2. The normalized spacial score (nSPS) is 19.4. The number of carbonyl (C=O) groups is 2. The predicted octanol–water partition coefficient (Wildman–Crippen LogP) is 0.968. The van der Waals surface area contributed by atoms with Gasteiger partial charge in [-0.15, -0.1) is 0 Å². The number of para-hydroxylation sites is 1. The third-order valence-electron chi connectivity index (χ3n) is 5.07. The molecular formula is C20H31N3O5S. The lowest BCUT2D eigenvalue weighted by molar-refractivity contribution is -0.126. The SMILES string of the molecule is COc1ccccc1CCC(=O)NC1CCC(C(=O)NCCNS(C)(=O)=O)CC1. The van der Waals surface area contributed by atoms with Gasteiger partial charge in [0.1, 0.15) is 5.75 Å². The molecule has 0 unspecified atom stereocenters. The Morgan fingerprint density at radius 2 is 1.79 bits per heavy atom. The molecule has 0 bridgehead atoms. The first-order valence-corrected chi connectivity index (χ1v) is 11.8. The van der Waals surface area contributed by atoms with Crippen molar-refractivity contribution in [2.24, 2.45) is 5.92 Å². The van der Waals surface area contributed by atoms with E-state index >= 15 is 0 Å². The van der Waals surface area contributed by atoms with Gasteiger partial charge in [0, 0.05) is 31.5 Å². The Morgan fingerprint density at radius 1 is 1.10 bits per heavy atom. The van der Waals surface area contributed by atoms with Crippen LogP contribution in [0.2, 0.25) is 0 Å². The molecule has 9 heteroatoms. The van der Waals surface area contributed by atoms with E-state index in [2.05, 4.69) is 15.4 Å². The summed E-state index contributed by atoms with van der Waals surface area (Å²) in [5, 5.41) is 5.83. The van der Waals surface area contributed by atoms with E-state index in [-0.39, 0.29) is 36.9 Å². The summed E-state index contributed by atoms with van der Waals surface area (Å²) in [7, 11) is -1.62. The van der Waals surface area contributed by atoms with Crippen molar-refractivity contribution in [1.82, 2.24) is 15.4 Å². The molecule has 29 heavy (non-hydrogen) atoms. The summed E-state index contributed by atoms with van der Waals surface area (Å²) < 4.78 is 29.6. The molecule has 0 heterocycles. The largest absolute Gasteiger partial charge is 0.496 e. The predicted molar refractivity (Wildman–Crippen MR) is 111 cm³/mol. The van der Waals surface area contributed by atoms with E-state index in [0.717, 1.165) is 30.4 Å². The van der Waals surface area contributed by atoms with Gasteiger partial charge < -0.3 is 15.4 Å². The monoisotopic (exact) mass is 425 g/mol. The molecule has 1 fully saturated rings. The average Bonchev–Trinajstić information content (AvgIpc) is 2.69. The minimum atomic E-state index is -3.24. The molecule has 0 radical (unpaired) electrons. The topological polar surface area (TPSA) is 114 Å². The van der Waals surface area contributed by atoms with Crippen molar-refractivity contribution in [2.75, 3.05) is 26.5 Å². The first-order chi connectivity index (χ1) is 13.8. The molecule has 0 spiro atoms. The van der Waals surface area contributed by atoms with Gasteiger partial charge in [0.2, 0.25) is 21.8 Å². The molecule has 8 nitrogen and oxygen atoms in total. The molecule has 0 aromatic heterocycles. The summed E-state index contributed by atoms with van der Waals surface area (Å²) in [6.07, 6.45) is 5.05. The van der Waals surface area contributed by atoms with Crippen LogP contribution in [-0.2, 0) is 26.0 Å². The third-order valence-corrected chi connectivity index (χ3v) is 5.79. The minimum Gasteiger partial charge on any atom is -0.496 e. The fourth-order valence-corrected chi connectivity index (χ4v) is 4.00. The Labute approximate surface area is 172 Å². The van der Waals surface area contributed by atoms with Crippen LogP contribution in [0, 0.1) is 5.92 Å². The molecule has 1 aromatic rings. The number of ether oxygens (including phenoxy) is 1. The molecular weight excluding hydrogens is 394 g/mol. The van der Waals surface area contributed by atoms with Gasteiger partial charge in [0.15, 0.2) is 0 Å². The zero-order valence-corrected chi connectivity index (χ0v) is 17.9. The van der Waals surface area contributed by atoms with E-state index < -0.39 is 10.0 Å². The van der Waals surface area contributed by atoms with Crippen LogP contribution in [0.3, 0.4) is 0 Å². The van der Waals surface area contributed by atoms with Gasteiger partial charge in [0.25, 0.3) is 0 Å². The number of nitrogens with one attached hydrogen (secondary N) is 3. The van der Waals surface area contributed by atoms with Gasteiger partial charge in [-0.2, -0.15) is 0 Å². The smallest absolute Gasteiger partial charge is 0.223 e. The van der Waals surface area contributed by atoms with Gasteiger partial charge in [-0.3, -0.25) is 9.59 Å². The maximum absolute atomic E-state index is 12.3. The van der Waals surface area contributed by atoms with E-state index in [1.54, 1.807) is 7.11 Å². The highest BCUT2D eigenvalue weighted by molar-refractivity contribution is 7.88. The number of methoxy groups -OCH3 is 1. The highest BCUT2D eigenvalue weighted by Gasteiger charge is 2.26. The highest BCUT2D eigenvalue weighted by Crippen LogP contribution is 2.25. The van der Waals surface area contributed by atoms with Crippen LogP contribution in [-0.4, -0.2) is 52.7 Å². The number of carbonyl (C=O) groups excluding carboxylic acids is 2. The van der Waals surface area contributed by atoms with Gasteiger partial charge in [-0.1, -0.05) is 18.2 Å². The Bertz CT molecular complexity index is 789. The van der Waals surface area contributed by atoms with Crippen molar-refractivity contribution in [3.63, 3.8) is 0 Å². The number of aryl methyl sites for hydroxylation is 1. The van der Waals surface area contributed by atoms with Crippen LogP contribution in [0.25, 0.3) is 0 Å². The molecule has 162 valence electrons. The summed E-state index contributed by atoms with van der Waals surface area (Å²) in [5.41, 5.74) is 1.01. The number of hydrogen-bond acceptors (Lipinski definition) is 5. The van der Waals surface area contributed by atoms with E-state index in [1.165, 1.54) is 0 Å². The van der Waals surface area contributed by atoms with Crippen LogP contribution >= 0.6 is 0 Å². The Balaban J connectivity index is 1.65. The molecule has 1 aromatic carbocycles. The summed E-state index contributed by atoms with van der Waals surface area (Å²) >= 11 is 0. The van der Waals surface area contributed by atoms with Gasteiger partial charge >= 0.3 is 0 Å². The lowest BCUT2D eigenvalue weighted by Gasteiger charge is -2.28. The minimum absolute atomic E-state index is 0.00987. The van der Waals surface area contributed by atoms with Gasteiger partial charge in [-0.25, -0.2) is 13.1 Å². The first-order valence-electron chi connectivity index (χ1n) is 9.92. The Hall–Kier alpha value is -2.13. The van der Waals surface area contributed by atoms with E-state index in [9.17, 15) is 18.0 Å². The molecule has 0 aliphatic heterocycles. The second kappa shape index (κ2) is 11.2. The molecule has 1 saturated carbocycles. The van der Waals surface area contributed by atoms with Crippen molar-refractivity contribution in [1.29, 1.82) is 0 Å². The van der Waals surface area contributed by atoms with Crippen LogP contribution in [0.1, 0.15) is 37.7 Å². The maximum Gasteiger partial charge on any atom is 0.223 e. The number of benzene rings is 1. The molecule has 1 aliphatic carbocycles. The zero-order valence-electron chi connectivity index (χ0n) is 17.1. The molecule has 1 aliphatic rings. The van der Waals surface area contributed by atoms with E-state index in [4.69, 9.17) is 4.74 Å². The Kier molecular flexibility index (Phi) is 8.91. The molecule has 2 rings (SSSR count). The molecule has 3 N–H and O–H groups in total. The van der Waals surface area contributed by atoms with Crippen molar-refractivity contribution >= 4 is 21.8 Å². The second-order valence-electron chi connectivity index (χ2n) is 7.39. The quantitative estimate of drug-likeness (QED) is 0.484. The summed E-state index contributed by atoms with van der Waals surface area (Å²) in [5.74, 6) is 0.658. The van der Waals surface area contributed by atoms with Crippen LogP contribution in [0.5, 0.6) is 5.75 Å². The van der Waals surface area contributed by atoms with Crippen molar-refractivity contribution < 1.29 is 22.7 Å². The fraction of sp³-hybridized carbons (Fsp3) is 0.600. The highest BCUT2D eigenvalue weighted by atomic mass is 32.2. The summed E-state index contributed by atoms with van der Waals surface area (Å²) in [4.78, 5) is 24.5. The van der Waals surface area contributed by atoms with Gasteiger partial charge in [0.05, 0.1) is 13.4 Å². The zero-order chi connectivity index (χ0) is 21.3. The number of rotatable bonds is 10. The van der Waals surface area contributed by atoms with E-state index in [1.807, 2.05) is 24.3 Å². The lowest BCUT2D eigenvalue weighted by Crippen LogP contribution is -2.42. The van der Waals surface area contributed by atoms with Crippen LogP contribution in [0.4, 0.5) is 0 Å². The van der Waals surface area contributed by atoms with E-state index in [0.29, 0.717) is 25.7 Å². The number of hydrogen-bond donors (Lipinski definition) is 3.